The number of nitrogens with zero attached hydrogens (tertiary/aromatic N) is 1. The number of ether oxygens (including phenoxy) is 2. The summed E-state index contributed by atoms with van der Waals surface area (Å²) in [5.41, 5.74) is 4.01. The summed E-state index contributed by atoms with van der Waals surface area (Å²) in [4.78, 5) is 2.47. The molecule has 0 spiro atoms. The number of unbranched alkanes of at least 4 members (excludes halogenated alkanes) is 1. The first-order chi connectivity index (χ1) is 15.4. The quantitative estimate of drug-likeness (QED) is 0.494. The van der Waals surface area contributed by atoms with Crippen LogP contribution < -0.4 is 14.2 Å². The number of methoxy groups -OCH3 is 2. The average molecular weight is 519 g/mol. The molecule has 2 aromatic carbocycles. The zero-order chi connectivity index (χ0) is 22.9. The normalized spacial score (nSPS) is 17.4. The fourth-order valence-electron chi connectivity index (χ4n) is 4.86. The molecule has 1 aliphatic carbocycles. The fourth-order valence-corrected chi connectivity index (χ4v) is 6.21. The van der Waals surface area contributed by atoms with Crippen LogP contribution in [-0.4, -0.2) is 47.2 Å². The zero-order valence-electron chi connectivity index (χ0n) is 18.7. The summed E-state index contributed by atoms with van der Waals surface area (Å²) in [5, 5.41) is -0.205. The van der Waals surface area contributed by atoms with Gasteiger partial charge in [-0.3, -0.25) is 4.90 Å². The number of benzene rings is 2. The second-order valence-electron chi connectivity index (χ2n) is 8.18. The van der Waals surface area contributed by atoms with E-state index in [1.165, 1.54) is 22.8 Å². The SMILES string of the molecule is COc1cc2c3c(c1OC)CCC3N(CCCCNS(=O)(=O)c1ccc(F)c(Cl)c1)CC2.Cl. The van der Waals surface area contributed by atoms with Gasteiger partial charge in [0.1, 0.15) is 5.82 Å². The lowest BCUT2D eigenvalue weighted by Gasteiger charge is -2.35. The Morgan fingerprint density at radius 2 is 1.97 bits per heavy atom. The van der Waals surface area contributed by atoms with Crippen LogP contribution in [0.4, 0.5) is 4.39 Å². The van der Waals surface area contributed by atoms with Gasteiger partial charge in [-0.1, -0.05) is 11.6 Å². The van der Waals surface area contributed by atoms with Crippen molar-refractivity contribution in [3.8, 4) is 11.5 Å². The molecule has 2 aromatic rings. The van der Waals surface area contributed by atoms with Crippen LogP contribution in [-0.2, 0) is 22.9 Å². The van der Waals surface area contributed by atoms with E-state index < -0.39 is 15.8 Å². The summed E-state index contributed by atoms with van der Waals surface area (Å²) in [6, 6.07) is 5.91. The molecule has 1 unspecified atom stereocenters. The van der Waals surface area contributed by atoms with Crippen molar-refractivity contribution in [2.75, 3.05) is 33.9 Å². The first-order valence-electron chi connectivity index (χ1n) is 10.8. The highest BCUT2D eigenvalue weighted by molar-refractivity contribution is 7.89. The molecule has 1 aliphatic heterocycles. The molecule has 0 aromatic heterocycles. The van der Waals surface area contributed by atoms with Gasteiger partial charge in [-0.05, 0) is 74.0 Å². The van der Waals surface area contributed by atoms with Crippen molar-refractivity contribution in [1.82, 2.24) is 9.62 Å². The molecular formula is C23H29Cl2FN2O4S. The Hall–Kier alpha value is -1.58. The lowest BCUT2D eigenvalue weighted by Crippen LogP contribution is -2.35. The molecule has 1 atom stereocenters. The monoisotopic (exact) mass is 518 g/mol. The predicted octanol–water partition coefficient (Wildman–Crippen LogP) is 4.52. The van der Waals surface area contributed by atoms with Crippen LogP contribution in [0.25, 0.3) is 0 Å². The van der Waals surface area contributed by atoms with E-state index >= 15 is 0 Å². The van der Waals surface area contributed by atoms with Crippen molar-refractivity contribution < 1.29 is 22.3 Å². The van der Waals surface area contributed by atoms with E-state index in [0.29, 0.717) is 19.0 Å². The van der Waals surface area contributed by atoms with E-state index in [0.717, 1.165) is 62.4 Å². The van der Waals surface area contributed by atoms with Gasteiger partial charge in [0.05, 0.1) is 24.1 Å². The van der Waals surface area contributed by atoms with Crippen LogP contribution in [0.3, 0.4) is 0 Å². The van der Waals surface area contributed by atoms with Crippen LogP contribution in [0, 0.1) is 5.82 Å². The molecule has 182 valence electrons. The van der Waals surface area contributed by atoms with E-state index in [-0.39, 0.29) is 22.3 Å². The Morgan fingerprint density at radius 3 is 2.67 bits per heavy atom. The summed E-state index contributed by atoms with van der Waals surface area (Å²) in [5.74, 6) is 1.02. The topological polar surface area (TPSA) is 67.9 Å². The molecule has 4 rings (SSSR count). The van der Waals surface area contributed by atoms with Gasteiger partial charge in [0.2, 0.25) is 10.0 Å². The van der Waals surface area contributed by atoms with Crippen LogP contribution >= 0.6 is 24.0 Å². The lowest BCUT2D eigenvalue weighted by molar-refractivity contribution is 0.182. The molecule has 6 nitrogen and oxygen atoms in total. The zero-order valence-corrected chi connectivity index (χ0v) is 21.1. The van der Waals surface area contributed by atoms with E-state index in [1.807, 2.05) is 0 Å². The summed E-state index contributed by atoms with van der Waals surface area (Å²) in [6.07, 6.45) is 4.59. The lowest BCUT2D eigenvalue weighted by atomic mass is 9.92. The summed E-state index contributed by atoms with van der Waals surface area (Å²) < 4.78 is 51.8. The van der Waals surface area contributed by atoms with Gasteiger partial charge in [0, 0.05) is 24.7 Å². The predicted molar refractivity (Wildman–Crippen MR) is 129 cm³/mol. The number of hydrogen-bond donors (Lipinski definition) is 1. The summed E-state index contributed by atoms with van der Waals surface area (Å²) >= 11 is 5.71. The van der Waals surface area contributed by atoms with Gasteiger partial charge in [-0.2, -0.15) is 0 Å². The smallest absolute Gasteiger partial charge is 0.240 e. The second kappa shape index (κ2) is 10.8. The second-order valence-corrected chi connectivity index (χ2v) is 10.4. The Bertz CT molecular complexity index is 1110. The Labute approximate surface area is 205 Å². The van der Waals surface area contributed by atoms with Crippen molar-refractivity contribution >= 4 is 34.0 Å². The minimum Gasteiger partial charge on any atom is -0.493 e. The van der Waals surface area contributed by atoms with Gasteiger partial charge in [0.25, 0.3) is 0 Å². The molecule has 10 heteroatoms. The highest BCUT2D eigenvalue weighted by Gasteiger charge is 2.36. The number of nitrogens with one attached hydrogen (secondary N) is 1. The Kier molecular flexibility index (Phi) is 8.50. The highest BCUT2D eigenvalue weighted by Crippen LogP contribution is 2.48. The third-order valence-corrected chi connectivity index (χ3v) is 8.12. The van der Waals surface area contributed by atoms with Crippen LogP contribution in [0.5, 0.6) is 11.5 Å². The minimum atomic E-state index is -3.71. The van der Waals surface area contributed by atoms with Crippen LogP contribution in [0.15, 0.2) is 29.2 Å². The third kappa shape index (κ3) is 5.25. The number of rotatable bonds is 9. The molecule has 1 N–H and O–H groups in total. The fraction of sp³-hybridized carbons (Fsp3) is 0.478. The molecule has 0 saturated carbocycles. The number of sulfonamides is 1. The highest BCUT2D eigenvalue weighted by atomic mass is 35.5. The maximum Gasteiger partial charge on any atom is 0.240 e. The van der Waals surface area contributed by atoms with E-state index in [2.05, 4.69) is 15.7 Å². The molecule has 1 heterocycles. The van der Waals surface area contributed by atoms with Crippen LogP contribution in [0.1, 0.15) is 42.0 Å². The molecular weight excluding hydrogens is 490 g/mol. The van der Waals surface area contributed by atoms with Crippen molar-refractivity contribution in [1.29, 1.82) is 0 Å². The van der Waals surface area contributed by atoms with Crippen molar-refractivity contribution in [2.45, 2.75) is 43.0 Å². The molecule has 2 aliphatic rings. The van der Waals surface area contributed by atoms with Gasteiger partial charge in [0.15, 0.2) is 11.5 Å². The van der Waals surface area contributed by atoms with E-state index in [9.17, 15) is 12.8 Å². The molecule has 0 fully saturated rings. The first-order valence-corrected chi connectivity index (χ1v) is 12.7. The molecule has 0 bridgehead atoms. The van der Waals surface area contributed by atoms with Crippen molar-refractivity contribution in [3.63, 3.8) is 0 Å². The Morgan fingerprint density at radius 1 is 1.18 bits per heavy atom. The largest absolute Gasteiger partial charge is 0.493 e. The maximum absolute atomic E-state index is 13.3. The third-order valence-electron chi connectivity index (χ3n) is 6.37. The van der Waals surface area contributed by atoms with Crippen LogP contribution in [0.2, 0.25) is 5.02 Å². The average Bonchev–Trinajstić information content (AvgIpc) is 3.22. The molecule has 33 heavy (non-hydrogen) atoms. The van der Waals surface area contributed by atoms with E-state index in [4.69, 9.17) is 21.1 Å². The van der Waals surface area contributed by atoms with Gasteiger partial charge in [-0.25, -0.2) is 17.5 Å². The first kappa shape index (κ1) is 26.0. The van der Waals surface area contributed by atoms with Crippen molar-refractivity contribution in [2.24, 2.45) is 0 Å². The van der Waals surface area contributed by atoms with E-state index in [1.54, 1.807) is 14.2 Å². The molecule has 0 radical (unpaired) electrons. The molecule has 0 saturated heterocycles. The minimum absolute atomic E-state index is 0. The summed E-state index contributed by atoms with van der Waals surface area (Å²) in [7, 11) is -0.339. The molecule has 0 amide bonds. The Balaban J connectivity index is 0.00000306. The van der Waals surface area contributed by atoms with Gasteiger partial charge in [-0.15, -0.1) is 12.4 Å². The number of hydrogen-bond acceptors (Lipinski definition) is 5. The maximum atomic E-state index is 13.3. The van der Waals surface area contributed by atoms with Gasteiger partial charge < -0.3 is 9.47 Å². The van der Waals surface area contributed by atoms with Gasteiger partial charge >= 0.3 is 0 Å². The standard InChI is InChI=1S/C23H28ClFN2O4S.ClH/c1-30-21-13-15-9-12-27(20-8-6-17(22(15)20)23(21)31-2)11-4-3-10-26-32(28,29)16-5-7-19(25)18(24)14-16;/h5,7,13-14,20,26H,3-4,6,8-12H2,1-2H3;1H. The van der Waals surface area contributed by atoms with Crippen molar-refractivity contribution in [3.05, 3.63) is 51.8 Å². The number of halogens is 3. The summed E-state index contributed by atoms with van der Waals surface area (Å²) in [6.45, 7) is 2.21.